The summed E-state index contributed by atoms with van der Waals surface area (Å²) in [5.41, 5.74) is 7.39. The Bertz CT molecular complexity index is 562. The molecule has 0 spiro atoms. The molecule has 0 radical (unpaired) electrons. The van der Waals surface area contributed by atoms with Gasteiger partial charge in [-0.15, -0.1) is 11.3 Å². The zero-order chi connectivity index (χ0) is 14.7. The molecule has 1 aliphatic rings. The van der Waals surface area contributed by atoms with E-state index in [4.69, 9.17) is 5.73 Å². The van der Waals surface area contributed by atoms with Gasteiger partial charge in [-0.3, -0.25) is 4.90 Å². The van der Waals surface area contributed by atoms with Crippen molar-refractivity contribution in [2.45, 2.75) is 13.0 Å². The third-order valence-corrected chi connectivity index (χ3v) is 5.14. The lowest BCUT2D eigenvalue weighted by Crippen LogP contribution is -2.49. The smallest absolute Gasteiger partial charge is 0.225 e. The van der Waals surface area contributed by atoms with Crippen LogP contribution in [0.25, 0.3) is 0 Å². The van der Waals surface area contributed by atoms with Crippen molar-refractivity contribution in [3.63, 3.8) is 0 Å². The Hall–Kier alpha value is -1.50. The normalized spacial score (nSPS) is 17.9. The number of aromatic nitrogens is 2. The van der Waals surface area contributed by atoms with Gasteiger partial charge in [0, 0.05) is 50.0 Å². The van der Waals surface area contributed by atoms with Crippen LogP contribution < -0.4 is 10.6 Å². The van der Waals surface area contributed by atoms with Crippen molar-refractivity contribution in [1.29, 1.82) is 0 Å². The van der Waals surface area contributed by atoms with Crippen molar-refractivity contribution < 1.29 is 0 Å². The molecule has 2 aromatic rings. The third kappa shape index (κ3) is 3.07. The summed E-state index contributed by atoms with van der Waals surface area (Å²) in [4.78, 5) is 14.8. The van der Waals surface area contributed by atoms with Crippen LogP contribution in [0.1, 0.15) is 16.5 Å². The minimum absolute atomic E-state index is 0.337. The van der Waals surface area contributed by atoms with Crippen LogP contribution in [0.5, 0.6) is 0 Å². The van der Waals surface area contributed by atoms with Crippen LogP contribution in [0, 0.1) is 6.92 Å². The molecule has 1 fully saturated rings. The molecule has 1 unspecified atom stereocenters. The first-order chi connectivity index (χ1) is 10.3. The van der Waals surface area contributed by atoms with Crippen LogP contribution in [0.4, 0.5) is 5.95 Å². The molecular formula is C15H21N5S. The number of nitrogens with zero attached hydrogens (tertiary/aromatic N) is 4. The fraction of sp³-hybridized carbons (Fsp3) is 0.467. The van der Waals surface area contributed by atoms with E-state index in [1.807, 2.05) is 17.4 Å². The lowest BCUT2D eigenvalue weighted by Gasteiger charge is -2.38. The van der Waals surface area contributed by atoms with Gasteiger partial charge in [0.15, 0.2) is 0 Å². The standard InChI is InChI=1S/C15H21N5S/c1-12-3-10-21-14(12)13(11-16)19-6-8-20(9-7-19)15-17-4-2-5-18-15/h2-5,10,13H,6-9,11,16H2,1H3. The molecule has 3 rings (SSSR count). The lowest BCUT2D eigenvalue weighted by molar-refractivity contribution is 0.191. The number of anilines is 1. The van der Waals surface area contributed by atoms with Gasteiger partial charge in [-0.1, -0.05) is 0 Å². The maximum Gasteiger partial charge on any atom is 0.225 e. The van der Waals surface area contributed by atoms with Gasteiger partial charge in [-0.25, -0.2) is 9.97 Å². The van der Waals surface area contributed by atoms with Gasteiger partial charge in [0.2, 0.25) is 5.95 Å². The zero-order valence-corrected chi connectivity index (χ0v) is 13.1. The number of aryl methyl sites for hydroxylation is 1. The van der Waals surface area contributed by atoms with Gasteiger partial charge >= 0.3 is 0 Å². The predicted octanol–water partition coefficient (Wildman–Crippen LogP) is 1.67. The van der Waals surface area contributed by atoms with Crippen molar-refractivity contribution in [2.75, 3.05) is 37.6 Å². The monoisotopic (exact) mass is 303 g/mol. The van der Waals surface area contributed by atoms with E-state index >= 15 is 0 Å². The van der Waals surface area contributed by atoms with Crippen molar-refractivity contribution in [1.82, 2.24) is 14.9 Å². The summed E-state index contributed by atoms with van der Waals surface area (Å²) in [5.74, 6) is 0.828. The minimum Gasteiger partial charge on any atom is -0.338 e. The van der Waals surface area contributed by atoms with Crippen LogP contribution in [0.2, 0.25) is 0 Å². The SMILES string of the molecule is Cc1ccsc1C(CN)N1CCN(c2ncccn2)CC1. The van der Waals surface area contributed by atoms with Crippen LogP contribution in [0.15, 0.2) is 29.9 Å². The molecule has 0 aromatic carbocycles. The largest absolute Gasteiger partial charge is 0.338 e. The molecule has 1 atom stereocenters. The van der Waals surface area contributed by atoms with E-state index in [1.54, 1.807) is 12.4 Å². The average Bonchev–Trinajstić information content (AvgIpc) is 2.96. The van der Waals surface area contributed by atoms with Crippen molar-refractivity contribution >= 4 is 17.3 Å². The molecule has 112 valence electrons. The van der Waals surface area contributed by atoms with Crippen LogP contribution in [-0.4, -0.2) is 47.6 Å². The summed E-state index contributed by atoms with van der Waals surface area (Å²) in [6.07, 6.45) is 3.60. The van der Waals surface area contributed by atoms with Gasteiger partial charge in [-0.05, 0) is 30.0 Å². The Morgan fingerprint density at radius 2 is 1.95 bits per heavy atom. The van der Waals surface area contributed by atoms with E-state index in [0.717, 1.165) is 32.1 Å². The Labute approximate surface area is 129 Å². The summed E-state index contributed by atoms with van der Waals surface area (Å²) in [6.45, 7) is 6.73. The summed E-state index contributed by atoms with van der Waals surface area (Å²) in [7, 11) is 0. The molecule has 0 aliphatic carbocycles. The Balaban J connectivity index is 1.66. The van der Waals surface area contributed by atoms with Gasteiger partial charge in [0.25, 0.3) is 0 Å². The predicted molar refractivity (Wildman–Crippen MR) is 86.7 cm³/mol. The second-order valence-corrected chi connectivity index (χ2v) is 6.24. The number of hydrogen-bond acceptors (Lipinski definition) is 6. The number of rotatable bonds is 4. The quantitative estimate of drug-likeness (QED) is 0.931. The molecule has 5 nitrogen and oxygen atoms in total. The summed E-state index contributed by atoms with van der Waals surface area (Å²) >= 11 is 1.81. The first-order valence-corrected chi connectivity index (χ1v) is 8.17. The lowest BCUT2D eigenvalue weighted by atomic mass is 10.1. The molecule has 0 amide bonds. The van der Waals surface area contributed by atoms with Gasteiger partial charge in [0.05, 0.1) is 6.04 Å². The number of nitrogens with two attached hydrogens (primary N) is 1. The molecule has 2 N–H and O–H groups in total. The molecule has 1 aliphatic heterocycles. The van der Waals surface area contributed by atoms with Crippen LogP contribution in [0.3, 0.4) is 0 Å². The van der Waals surface area contributed by atoms with Gasteiger partial charge in [0.1, 0.15) is 0 Å². The van der Waals surface area contributed by atoms with E-state index in [0.29, 0.717) is 12.6 Å². The second kappa shape index (κ2) is 6.51. The maximum absolute atomic E-state index is 6.04. The molecule has 0 saturated carbocycles. The van der Waals surface area contributed by atoms with E-state index in [1.165, 1.54) is 10.4 Å². The topological polar surface area (TPSA) is 58.3 Å². The molecule has 3 heterocycles. The Morgan fingerprint density at radius 1 is 1.24 bits per heavy atom. The summed E-state index contributed by atoms with van der Waals surface area (Å²) in [5, 5.41) is 2.15. The first-order valence-electron chi connectivity index (χ1n) is 7.29. The van der Waals surface area contributed by atoms with E-state index < -0.39 is 0 Å². The molecule has 6 heteroatoms. The average molecular weight is 303 g/mol. The highest BCUT2D eigenvalue weighted by atomic mass is 32.1. The third-order valence-electron chi connectivity index (χ3n) is 4.02. The number of piperazine rings is 1. The highest BCUT2D eigenvalue weighted by Gasteiger charge is 2.26. The molecule has 1 saturated heterocycles. The first kappa shape index (κ1) is 14.4. The fourth-order valence-corrected chi connectivity index (χ4v) is 3.91. The minimum atomic E-state index is 0.337. The molecule has 2 aromatic heterocycles. The summed E-state index contributed by atoms with van der Waals surface area (Å²) in [6, 6.07) is 4.37. The Morgan fingerprint density at radius 3 is 2.52 bits per heavy atom. The molecule has 0 bridgehead atoms. The summed E-state index contributed by atoms with van der Waals surface area (Å²) < 4.78 is 0. The number of thiophene rings is 1. The highest BCUT2D eigenvalue weighted by molar-refractivity contribution is 7.10. The maximum atomic E-state index is 6.04. The van der Waals surface area contributed by atoms with Crippen molar-refractivity contribution in [3.05, 3.63) is 40.3 Å². The van der Waals surface area contributed by atoms with Crippen LogP contribution in [-0.2, 0) is 0 Å². The molecular weight excluding hydrogens is 282 g/mol. The second-order valence-electron chi connectivity index (χ2n) is 5.29. The van der Waals surface area contributed by atoms with Gasteiger partial charge < -0.3 is 10.6 Å². The zero-order valence-electron chi connectivity index (χ0n) is 12.3. The van der Waals surface area contributed by atoms with Crippen LogP contribution >= 0.6 is 11.3 Å². The van der Waals surface area contributed by atoms with Gasteiger partial charge in [-0.2, -0.15) is 0 Å². The van der Waals surface area contributed by atoms with E-state index in [-0.39, 0.29) is 0 Å². The van der Waals surface area contributed by atoms with E-state index in [2.05, 4.69) is 38.1 Å². The highest BCUT2D eigenvalue weighted by Crippen LogP contribution is 2.29. The molecule has 21 heavy (non-hydrogen) atoms. The van der Waals surface area contributed by atoms with E-state index in [9.17, 15) is 0 Å². The van der Waals surface area contributed by atoms with Crippen molar-refractivity contribution in [3.8, 4) is 0 Å². The fourth-order valence-electron chi connectivity index (χ4n) is 2.84. The Kier molecular flexibility index (Phi) is 4.48. The van der Waals surface area contributed by atoms with Crippen molar-refractivity contribution in [2.24, 2.45) is 5.73 Å². The number of hydrogen-bond donors (Lipinski definition) is 1.